The molecule has 2 aromatic heterocycles. The van der Waals surface area contributed by atoms with Crippen molar-refractivity contribution in [3.05, 3.63) is 237 Å². The third kappa shape index (κ3) is 6.20. The van der Waals surface area contributed by atoms with Crippen LogP contribution in [0.15, 0.2) is 245 Å². The first-order valence-corrected chi connectivity index (χ1v) is 22.1. The SMILES string of the molecule is c1ccc(-c2ccc(-c3cccc4ccccc34)cc2N(c2ccc(-c3ccc4oc5ccccc5c4c3)cc2)c2ccc(-c3cccc4oc5c6ccccc6ccc5c34)cc2)cc1. The van der Waals surface area contributed by atoms with Gasteiger partial charge in [-0.05, 0) is 116 Å². The fourth-order valence-electron chi connectivity index (χ4n) is 9.94. The molecule has 65 heavy (non-hydrogen) atoms. The second-order valence-electron chi connectivity index (χ2n) is 16.8. The van der Waals surface area contributed by atoms with Crippen LogP contribution in [0.2, 0.25) is 0 Å². The number of benzene rings is 11. The molecule has 0 aliphatic heterocycles. The maximum Gasteiger partial charge on any atom is 0.143 e. The van der Waals surface area contributed by atoms with E-state index in [4.69, 9.17) is 8.83 Å². The van der Waals surface area contributed by atoms with Gasteiger partial charge in [-0.25, -0.2) is 0 Å². The van der Waals surface area contributed by atoms with Gasteiger partial charge in [0.2, 0.25) is 0 Å². The molecule has 2 heterocycles. The molecule has 0 saturated heterocycles. The summed E-state index contributed by atoms with van der Waals surface area (Å²) < 4.78 is 12.8. The van der Waals surface area contributed by atoms with Crippen LogP contribution in [-0.2, 0) is 0 Å². The second kappa shape index (κ2) is 15.0. The zero-order chi connectivity index (χ0) is 42.8. The van der Waals surface area contributed by atoms with Gasteiger partial charge in [-0.15, -0.1) is 0 Å². The highest BCUT2D eigenvalue weighted by Crippen LogP contribution is 2.46. The average molecular weight is 830 g/mol. The molecule has 0 amide bonds. The standard InChI is InChI=1S/C62H39NO2/c1-2-12-42(13-3-1)51-35-29-46(50-20-10-16-41-14-4-6-17-49(41)50)39-57(51)63(47-31-24-40(25-32-47)45-30-37-59-56(38-45)54-19-8-9-22-58(54)64-59)48-33-26-44(27-34-48)52-21-11-23-60-61(52)55-36-28-43-15-5-7-18-53(43)62(55)65-60/h1-39H. The highest BCUT2D eigenvalue weighted by molar-refractivity contribution is 6.19. The highest BCUT2D eigenvalue weighted by Gasteiger charge is 2.21. The average Bonchev–Trinajstić information content (AvgIpc) is 3.96. The van der Waals surface area contributed by atoms with Crippen LogP contribution in [0.4, 0.5) is 17.1 Å². The molecular weight excluding hydrogens is 791 g/mol. The number of para-hydroxylation sites is 1. The van der Waals surface area contributed by atoms with Crippen molar-refractivity contribution in [3.63, 3.8) is 0 Å². The smallest absolute Gasteiger partial charge is 0.143 e. The van der Waals surface area contributed by atoms with Crippen molar-refractivity contribution in [1.82, 2.24) is 0 Å². The third-order valence-electron chi connectivity index (χ3n) is 13.1. The van der Waals surface area contributed by atoms with Gasteiger partial charge < -0.3 is 13.7 Å². The molecule has 3 nitrogen and oxygen atoms in total. The van der Waals surface area contributed by atoms with Crippen LogP contribution in [0.1, 0.15) is 0 Å². The lowest BCUT2D eigenvalue weighted by Gasteiger charge is -2.29. The molecule has 11 aromatic carbocycles. The molecule has 0 N–H and O–H groups in total. The van der Waals surface area contributed by atoms with Gasteiger partial charge in [0.1, 0.15) is 22.3 Å². The van der Waals surface area contributed by atoms with E-state index < -0.39 is 0 Å². The van der Waals surface area contributed by atoms with Gasteiger partial charge >= 0.3 is 0 Å². The minimum absolute atomic E-state index is 0.887. The first-order chi connectivity index (χ1) is 32.2. The Morgan fingerprint density at radius 2 is 0.862 bits per heavy atom. The van der Waals surface area contributed by atoms with Gasteiger partial charge in [-0.1, -0.05) is 176 Å². The molecule has 13 rings (SSSR count). The Bertz CT molecular complexity index is 3930. The molecular formula is C62H39NO2. The minimum Gasteiger partial charge on any atom is -0.456 e. The maximum atomic E-state index is 6.60. The van der Waals surface area contributed by atoms with Gasteiger partial charge in [-0.2, -0.15) is 0 Å². The van der Waals surface area contributed by atoms with E-state index in [1.165, 1.54) is 21.7 Å². The van der Waals surface area contributed by atoms with Crippen molar-refractivity contribution >= 4 is 82.5 Å². The Morgan fingerprint density at radius 3 is 1.68 bits per heavy atom. The van der Waals surface area contributed by atoms with Gasteiger partial charge in [0, 0.05) is 43.9 Å². The number of hydrogen-bond donors (Lipinski definition) is 0. The van der Waals surface area contributed by atoms with Crippen molar-refractivity contribution in [3.8, 4) is 44.5 Å². The normalized spacial score (nSPS) is 11.7. The summed E-state index contributed by atoms with van der Waals surface area (Å²) in [6.45, 7) is 0. The van der Waals surface area contributed by atoms with E-state index in [-0.39, 0.29) is 0 Å². The zero-order valence-corrected chi connectivity index (χ0v) is 35.3. The summed E-state index contributed by atoms with van der Waals surface area (Å²) >= 11 is 0. The zero-order valence-electron chi connectivity index (χ0n) is 35.3. The van der Waals surface area contributed by atoms with Crippen molar-refractivity contribution in [2.24, 2.45) is 0 Å². The van der Waals surface area contributed by atoms with Gasteiger partial charge in [0.05, 0.1) is 5.69 Å². The fraction of sp³-hybridized carbons (Fsp3) is 0. The van der Waals surface area contributed by atoms with Crippen molar-refractivity contribution in [2.45, 2.75) is 0 Å². The molecule has 0 saturated carbocycles. The van der Waals surface area contributed by atoms with E-state index >= 15 is 0 Å². The molecule has 0 aliphatic rings. The molecule has 0 aliphatic carbocycles. The maximum absolute atomic E-state index is 6.60. The number of anilines is 3. The summed E-state index contributed by atoms with van der Waals surface area (Å²) in [5.74, 6) is 0. The van der Waals surface area contributed by atoms with Crippen LogP contribution < -0.4 is 4.90 Å². The van der Waals surface area contributed by atoms with Gasteiger partial charge in [0.25, 0.3) is 0 Å². The molecule has 0 atom stereocenters. The van der Waals surface area contributed by atoms with Crippen LogP contribution in [0.3, 0.4) is 0 Å². The Labute approximate surface area is 375 Å². The number of rotatable bonds is 7. The Balaban J connectivity index is 0.985. The summed E-state index contributed by atoms with van der Waals surface area (Å²) in [4.78, 5) is 2.41. The van der Waals surface area contributed by atoms with E-state index in [1.54, 1.807) is 0 Å². The number of fused-ring (bicyclic) bond motifs is 9. The lowest BCUT2D eigenvalue weighted by molar-refractivity contribution is 0.669. The van der Waals surface area contributed by atoms with E-state index in [1.807, 2.05) is 12.1 Å². The van der Waals surface area contributed by atoms with Crippen LogP contribution in [0.25, 0.3) is 110 Å². The Hall–Kier alpha value is -8.66. The van der Waals surface area contributed by atoms with Crippen LogP contribution in [0, 0.1) is 0 Å². The topological polar surface area (TPSA) is 29.5 Å². The molecule has 0 unspecified atom stereocenters. The van der Waals surface area contributed by atoms with Crippen LogP contribution in [0.5, 0.6) is 0 Å². The Kier molecular flexibility index (Phi) is 8.53. The van der Waals surface area contributed by atoms with Crippen LogP contribution >= 0.6 is 0 Å². The highest BCUT2D eigenvalue weighted by atomic mass is 16.3. The molecule has 0 bridgehead atoms. The van der Waals surface area contributed by atoms with Crippen LogP contribution in [-0.4, -0.2) is 0 Å². The fourth-order valence-corrected chi connectivity index (χ4v) is 9.94. The number of nitrogens with zero attached hydrogens (tertiary/aromatic N) is 1. The number of furan rings is 2. The molecule has 304 valence electrons. The van der Waals surface area contributed by atoms with Gasteiger partial charge in [0.15, 0.2) is 0 Å². The molecule has 0 fully saturated rings. The van der Waals surface area contributed by atoms with E-state index in [0.29, 0.717) is 0 Å². The van der Waals surface area contributed by atoms with E-state index in [0.717, 1.165) is 105 Å². The first-order valence-electron chi connectivity index (χ1n) is 22.1. The van der Waals surface area contributed by atoms with E-state index in [9.17, 15) is 0 Å². The van der Waals surface area contributed by atoms with Crippen molar-refractivity contribution < 1.29 is 8.83 Å². The molecule has 3 heteroatoms. The Morgan fingerprint density at radius 1 is 0.277 bits per heavy atom. The first kappa shape index (κ1) is 36.9. The second-order valence-corrected chi connectivity index (χ2v) is 16.8. The van der Waals surface area contributed by atoms with E-state index in [2.05, 4.69) is 229 Å². The largest absolute Gasteiger partial charge is 0.456 e. The number of hydrogen-bond acceptors (Lipinski definition) is 3. The van der Waals surface area contributed by atoms with Crippen molar-refractivity contribution in [1.29, 1.82) is 0 Å². The predicted molar refractivity (Wildman–Crippen MR) is 272 cm³/mol. The molecule has 0 radical (unpaired) electrons. The third-order valence-corrected chi connectivity index (χ3v) is 13.1. The monoisotopic (exact) mass is 829 g/mol. The quantitative estimate of drug-likeness (QED) is 0.160. The summed E-state index contributed by atoms with van der Waals surface area (Å²) in [6, 6.07) is 84.9. The lowest BCUT2D eigenvalue weighted by Crippen LogP contribution is -2.11. The van der Waals surface area contributed by atoms with Gasteiger partial charge in [-0.3, -0.25) is 0 Å². The summed E-state index contributed by atoms with van der Waals surface area (Å²) in [6.07, 6.45) is 0. The molecule has 0 spiro atoms. The summed E-state index contributed by atoms with van der Waals surface area (Å²) in [5.41, 5.74) is 16.0. The predicted octanol–water partition coefficient (Wildman–Crippen LogP) is 17.9. The lowest BCUT2D eigenvalue weighted by atomic mass is 9.93. The molecule has 13 aromatic rings. The summed E-state index contributed by atoms with van der Waals surface area (Å²) in [5, 5.41) is 9.24. The van der Waals surface area contributed by atoms with Crippen molar-refractivity contribution in [2.75, 3.05) is 4.90 Å². The summed E-state index contributed by atoms with van der Waals surface area (Å²) in [7, 11) is 0. The minimum atomic E-state index is 0.887.